The molecule has 3 heterocycles. The molecule has 0 aliphatic heterocycles. The van der Waals surface area contributed by atoms with Crippen LogP contribution in [0.25, 0.3) is 22.4 Å². The van der Waals surface area contributed by atoms with Gasteiger partial charge in [-0.1, -0.05) is 47.3 Å². The normalized spacial score (nSPS) is 11.6. The average Bonchev–Trinajstić information content (AvgIpc) is 3.31. The van der Waals surface area contributed by atoms with Crippen LogP contribution < -0.4 is 5.56 Å². The van der Waals surface area contributed by atoms with Crippen LogP contribution in [-0.2, 0) is 5.75 Å². The average molecular weight is 432 g/mol. The maximum Gasteiger partial charge on any atom is 0.267 e. The Morgan fingerprint density at radius 1 is 0.968 bits per heavy atom. The summed E-state index contributed by atoms with van der Waals surface area (Å²) in [5.41, 5.74) is 5.47. The molecule has 0 amide bonds. The van der Waals surface area contributed by atoms with Crippen LogP contribution in [-0.4, -0.2) is 24.3 Å². The molecule has 0 atom stereocenters. The van der Waals surface area contributed by atoms with Crippen LogP contribution in [0.5, 0.6) is 0 Å². The quantitative estimate of drug-likeness (QED) is 0.389. The summed E-state index contributed by atoms with van der Waals surface area (Å²) in [6.45, 7) is 7.85. The van der Waals surface area contributed by atoms with E-state index in [-0.39, 0.29) is 5.56 Å². The molecule has 0 spiro atoms. The Morgan fingerprint density at radius 3 is 2.42 bits per heavy atom. The third-order valence-electron chi connectivity index (χ3n) is 5.58. The number of aryl methyl sites for hydroxylation is 4. The molecule has 5 aromatic rings. The molecule has 5 rings (SSSR count). The topological polar surface area (TPSA) is 78.2 Å². The van der Waals surface area contributed by atoms with Crippen molar-refractivity contribution in [2.24, 2.45) is 0 Å². The van der Waals surface area contributed by atoms with Crippen molar-refractivity contribution in [2.75, 3.05) is 0 Å². The lowest BCUT2D eigenvalue weighted by Gasteiger charge is -2.15. The number of thioether (sulfide) groups is 1. The van der Waals surface area contributed by atoms with E-state index >= 15 is 0 Å². The van der Waals surface area contributed by atoms with E-state index in [1.165, 1.54) is 0 Å². The largest absolute Gasteiger partial charge is 0.361 e. The van der Waals surface area contributed by atoms with Gasteiger partial charge in [0.2, 0.25) is 5.78 Å². The van der Waals surface area contributed by atoms with Gasteiger partial charge < -0.3 is 4.52 Å². The summed E-state index contributed by atoms with van der Waals surface area (Å²) in [5.74, 6) is 1.96. The molecular weight excluding hydrogens is 410 g/mol. The van der Waals surface area contributed by atoms with E-state index < -0.39 is 0 Å². The van der Waals surface area contributed by atoms with Crippen LogP contribution in [0, 0.1) is 27.7 Å². The Labute approximate surface area is 182 Å². The number of fused-ring (bicyclic) bond motifs is 3. The highest BCUT2D eigenvalue weighted by Gasteiger charge is 2.20. The van der Waals surface area contributed by atoms with E-state index in [1.54, 1.807) is 16.3 Å². The van der Waals surface area contributed by atoms with Gasteiger partial charge in [0, 0.05) is 11.3 Å². The summed E-state index contributed by atoms with van der Waals surface area (Å²) in [5, 5.41) is 14.3. The van der Waals surface area contributed by atoms with Gasteiger partial charge >= 0.3 is 0 Å². The van der Waals surface area contributed by atoms with Crippen LogP contribution in [0.15, 0.2) is 56.9 Å². The number of hydrogen-bond donors (Lipinski definition) is 0. The fourth-order valence-electron chi connectivity index (χ4n) is 3.98. The number of benzene rings is 2. The zero-order chi connectivity index (χ0) is 21.7. The summed E-state index contributed by atoms with van der Waals surface area (Å²) >= 11 is 1.55. The molecule has 0 aliphatic rings. The molecule has 0 saturated heterocycles. The Morgan fingerprint density at radius 2 is 1.71 bits per heavy atom. The standard InChI is InChI=1S/C23H21N5O2S/c1-13-8-7-9-14(2)20(13)28-21(29)17-10-5-6-11-19(17)27-22(28)24-25-23(27)31-12-18-15(3)26-30-16(18)4/h5-11H,12H2,1-4H3. The predicted molar refractivity (Wildman–Crippen MR) is 121 cm³/mol. The Kier molecular flexibility index (Phi) is 4.66. The van der Waals surface area contributed by atoms with Gasteiger partial charge in [-0.15, -0.1) is 10.2 Å². The van der Waals surface area contributed by atoms with Crippen molar-refractivity contribution in [3.63, 3.8) is 0 Å². The second kappa shape index (κ2) is 7.39. The van der Waals surface area contributed by atoms with Crippen molar-refractivity contribution >= 4 is 28.4 Å². The molecule has 0 bridgehead atoms. The van der Waals surface area contributed by atoms with Crippen LogP contribution >= 0.6 is 11.8 Å². The molecule has 8 heteroatoms. The van der Waals surface area contributed by atoms with Gasteiger partial charge in [0.15, 0.2) is 5.16 Å². The van der Waals surface area contributed by atoms with Crippen molar-refractivity contribution in [2.45, 2.75) is 38.6 Å². The molecule has 2 aromatic carbocycles. The third kappa shape index (κ3) is 3.06. The van der Waals surface area contributed by atoms with E-state index in [0.717, 1.165) is 39.3 Å². The van der Waals surface area contributed by atoms with Crippen LogP contribution in [0.2, 0.25) is 0 Å². The lowest BCUT2D eigenvalue weighted by molar-refractivity contribution is 0.392. The Balaban J connectivity index is 1.78. The molecule has 156 valence electrons. The van der Waals surface area contributed by atoms with Crippen LogP contribution in [0.1, 0.15) is 28.1 Å². The first-order valence-corrected chi connectivity index (χ1v) is 11.0. The minimum atomic E-state index is -0.102. The number of rotatable bonds is 4. The first-order chi connectivity index (χ1) is 15.0. The van der Waals surface area contributed by atoms with Crippen molar-refractivity contribution < 1.29 is 4.52 Å². The van der Waals surface area contributed by atoms with Gasteiger partial charge in [-0.2, -0.15) is 0 Å². The van der Waals surface area contributed by atoms with E-state index in [9.17, 15) is 4.79 Å². The summed E-state index contributed by atoms with van der Waals surface area (Å²) in [6.07, 6.45) is 0. The fourth-order valence-corrected chi connectivity index (χ4v) is 5.07. The number of aromatic nitrogens is 5. The molecule has 0 radical (unpaired) electrons. The maximum atomic E-state index is 13.5. The molecule has 0 saturated carbocycles. The maximum absolute atomic E-state index is 13.5. The van der Waals surface area contributed by atoms with E-state index in [4.69, 9.17) is 4.52 Å². The number of hydrogen-bond acceptors (Lipinski definition) is 6. The highest BCUT2D eigenvalue weighted by molar-refractivity contribution is 7.98. The SMILES string of the molecule is Cc1cccc(C)c1-n1c(=O)c2ccccc2n2c(SCc3c(C)noc3C)nnc12. The van der Waals surface area contributed by atoms with Crippen molar-refractivity contribution in [1.29, 1.82) is 0 Å². The van der Waals surface area contributed by atoms with Gasteiger partial charge in [-0.3, -0.25) is 9.20 Å². The van der Waals surface area contributed by atoms with Gasteiger partial charge in [0.25, 0.3) is 5.56 Å². The smallest absolute Gasteiger partial charge is 0.267 e. The molecule has 31 heavy (non-hydrogen) atoms. The first-order valence-electron chi connectivity index (χ1n) is 9.97. The summed E-state index contributed by atoms with van der Waals surface area (Å²) in [7, 11) is 0. The summed E-state index contributed by atoms with van der Waals surface area (Å²) in [4.78, 5) is 13.5. The van der Waals surface area contributed by atoms with E-state index in [1.807, 2.05) is 74.6 Å². The van der Waals surface area contributed by atoms with Crippen molar-refractivity contribution in [3.8, 4) is 5.69 Å². The molecule has 7 nitrogen and oxygen atoms in total. The fraction of sp³-hybridized carbons (Fsp3) is 0.217. The van der Waals surface area contributed by atoms with E-state index in [0.29, 0.717) is 22.1 Å². The zero-order valence-corrected chi connectivity index (χ0v) is 18.5. The minimum Gasteiger partial charge on any atom is -0.361 e. The second-order valence-corrected chi connectivity index (χ2v) is 8.55. The molecular formula is C23H21N5O2S. The minimum absolute atomic E-state index is 0.102. The highest BCUT2D eigenvalue weighted by atomic mass is 32.2. The second-order valence-electron chi connectivity index (χ2n) is 7.61. The molecule has 0 unspecified atom stereocenters. The lowest BCUT2D eigenvalue weighted by atomic mass is 10.1. The van der Waals surface area contributed by atoms with Gasteiger partial charge in [0.1, 0.15) is 5.76 Å². The summed E-state index contributed by atoms with van der Waals surface area (Å²) < 4.78 is 8.93. The van der Waals surface area contributed by atoms with Gasteiger partial charge in [-0.25, -0.2) is 4.57 Å². The van der Waals surface area contributed by atoms with E-state index in [2.05, 4.69) is 15.4 Å². The first kappa shape index (κ1) is 19.6. The highest BCUT2D eigenvalue weighted by Crippen LogP contribution is 2.28. The lowest BCUT2D eigenvalue weighted by Crippen LogP contribution is -2.23. The Bertz CT molecular complexity index is 1470. The molecule has 3 aromatic heterocycles. The van der Waals surface area contributed by atoms with Crippen LogP contribution in [0.4, 0.5) is 0 Å². The van der Waals surface area contributed by atoms with Crippen molar-refractivity contribution in [3.05, 3.63) is 81.0 Å². The number of nitrogens with zero attached hydrogens (tertiary/aromatic N) is 5. The predicted octanol–water partition coefficient (Wildman–Crippen LogP) is 4.55. The Hall–Kier alpha value is -3.39. The van der Waals surface area contributed by atoms with Gasteiger partial charge in [0.05, 0.1) is 22.3 Å². The summed E-state index contributed by atoms with van der Waals surface area (Å²) in [6, 6.07) is 13.6. The molecule has 0 aliphatic carbocycles. The molecule has 0 fully saturated rings. The van der Waals surface area contributed by atoms with Crippen molar-refractivity contribution in [1.82, 2.24) is 24.3 Å². The van der Waals surface area contributed by atoms with Crippen LogP contribution in [0.3, 0.4) is 0 Å². The number of para-hydroxylation sites is 2. The molecule has 0 N–H and O–H groups in total. The van der Waals surface area contributed by atoms with Gasteiger partial charge in [-0.05, 0) is 51.0 Å². The zero-order valence-electron chi connectivity index (χ0n) is 17.7. The monoisotopic (exact) mass is 431 g/mol. The third-order valence-corrected chi connectivity index (χ3v) is 6.54.